The normalized spacial score (nSPS) is 26.0. The molecule has 0 saturated carbocycles. The highest BCUT2D eigenvalue weighted by Gasteiger charge is 2.51. The van der Waals surface area contributed by atoms with Crippen molar-refractivity contribution >= 4 is 23.3 Å². The first-order valence-corrected chi connectivity index (χ1v) is 16.2. The molecular weight excluding hydrogens is 560 g/mol. The van der Waals surface area contributed by atoms with Crippen molar-refractivity contribution in [2.75, 3.05) is 89.0 Å². The van der Waals surface area contributed by atoms with Gasteiger partial charge in [-0.15, -0.1) is 0 Å². The maximum Gasteiger partial charge on any atom is 0.338 e. The monoisotopic (exact) mass is 606 g/mol. The highest BCUT2D eigenvalue weighted by atomic mass is 16.7. The maximum absolute atomic E-state index is 13.0. The largest absolute Gasteiger partial charge is 0.453 e. The van der Waals surface area contributed by atoms with Gasteiger partial charge in [0.25, 0.3) is 0 Å². The minimum absolute atomic E-state index is 0.203. The zero-order chi connectivity index (χ0) is 30.5. The molecule has 44 heavy (non-hydrogen) atoms. The Balaban J connectivity index is 0.961. The first-order valence-electron chi connectivity index (χ1n) is 16.2. The lowest BCUT2D eigenvalue weighted by Crippen LogP contribution is -2.46. The zero-order valence-corrected chi connectivity index (χ0v) is 26.1. The van der Waals surface area contributed by atoms with Gasteiger partial charge in [0.15, 0.2) is 12.2 Å². The summed E-state index contributed by atoms with van der Waals surface area (Å²) in [5, 5.41) is 0. The summed E-state index contributed by atoms with van der Waals surface area (Å²) >= 11 is 0. The topological polar surface area (TPSA) is 84.0 Å². The Morgan fingerprint density at radius 1 is 0.682 bits per heavy atom. The smallest absolute Gasteiger partial charge is 0.338 e. The lowest BCUT2D eigenvalue weighted by Gasteiger charge is -2.36. The molecule has 0 amide bonds. The number of carbonyl (C=O) groups excluding carboxylic acids is 2. The van der Waals surface area contributed by atoms with Crippen molar-refractivity contribution in [3.8, 4) is 0 Å². The molecule has 4 fully saturated rings. The van der Waals surface area contributed by atoms with Gasteiger partial charge in [0, 0.05) is 63.7 Å². The molecule has 4 unspecified atom stereocenters. The minimum atomic E-state index is -0.556. The number of unbranched alkanes of at least 4 members (excludes halogenated alkanes) is 2. The van der Waals surface area contributed by atoms with E-state index >= 15 is 0 Å². The van der Waals surface area contributed by atoms with Gasteiger partial charge >= 0.3 is 11.9 Å². The summed E-state index contributed by atoms with van der Waals surface area (Å²) in [5.41, 5.74) is 3.21. The van der Waals surface area contributed by atoms with E-state index in [2.05, 4.69) is 33.6 Å². The van der Waals surface area contributed by atoms with Crippen LogP contribution in [0.2, 0.25) is 0 Å². The van der Waals surface area contributed by atoms with Gasteiger partial charge in [-0.25, -0.2) is 9.59 Å². The van der Waals surface area contributed by atoms with Crippen LogP contribution in [-0.4, -0.2) is 125 Å². The SMILES string of the molecule is CCCCCN1CCN(c2ccc(C(=O)OC3COC4C(OC(=O)c5ccc(N6CCN(C)CC6)cc5)COC34)cc2)CC1. The second-order valence-corrected chi connectivity index (χ2v) is 12.4. The predicted molar refractivity (Wildman–Crippen MR) is 169 cm³/mol. The van der Waals surface area contributed by atoms with Crippen molar-refractivity contribution in [2.24, 2.45) is 0 Å². The van der Waals surface area contributed by atoms with Gasteiger partial charge in [0.2, 0.25) is 0 Å². The number of ether oxygens (including phenoxy) is 4. The number of benzene rings is 2. The van der Waals surface area contributed by atoms with E-state index in [1.165, 1.54) is 25.8 Å². The Morgan fingerprint density at radius 3 is 1.59 bits per heavy atom. The van der Waals surface area contributed by atoms with E-state index in [0.717, 1.165) is 63.7 Å². The van der Waals surface area contributed by atoms with E-state index in [0.29, 0.717) is 11.1 Å². The molecule has 2 aromatic rings. The molecular formula is C34H46N4O6. The van der Waals surface area contributed by atoms with Gasteiger partial charge in [-0.05, 0) is 68.5 Å². The molecule has 2 aromatic carbocycles. The molecule has 10 nitrogen and oxygen atoms in total. The molecule has 4 saturated heterocycles. The average molecular weight is 607 g/mol. The molecule has 4 heterocycles. The Labute approximate surface area is 260 Å². The summed E-state index contributed by atoms with van der Waals surface area (Å²) in [6.45, 7) is 11.9. The molecule has 4 aliphatic rings. The van der Waals surface area contributed by atoms with E-state index in [1.807, 2.05) is 48.5 Å². The molecule has 6 rings (SSSR count). The molecule has 0 aliphatic carbocycles. The number of fused-ring (bicyclic) bond motifs is 1. The summed E-state index contributed by atoms with van der Waals surface area (Å²) in [6, 6.07) is 15.2. The Kier molecular flexibility index (Phi) is 10.0. The van der Waals surface area contributed by atoms with Crippen molar-refractivity contribution < 1.29 is 28.5 Å². The zero-order valence-electron chi connectivity index (χ0n) is 26.1. The van der Waals surface area contributed by atoms with Crippen LogP contribution in [0.3, 0.4) is 0 Å². The number of esters is 2. The highest BCUT2D eigenvalue weighted by molar-refractivity contribution is 5.90. The third-order valence-corrected chi connectivity index (χ3v) is 9.37. The number of piperazine rings is 2. The molecule has 4 aliphatic heterocycles. The van der Waals surface area contributed by atoms with E-state index < -0.39 is 36.4 Å². The number of hydrogen-bond donors (Lipinski definition) is 0. The third kappa shape index (κ3) is 7.20. The molecule has 0 N–H and O–H groups in total. The van der Waals surface area contributed by atoms with Crippen molar-refractivity contribution in [1.29, 1.82) is 0 Å². The molecule has 0 bridgehead atoms. The fourth-order valence-corrected chi connectivity index (χ4v) is 6.54. The summed E-state index contributed by atoms with van der Waals surface area (Å²) in [7, 11) is 2.13. The molecule has 10 heteroatoms. The first-order chi connectivity index (χ1) is 21.5. The van der Waals surface area contributed by atoms with Gasteiger partial charge in [0.05, 0.1) is 24.3 Å². The van der Waals surface area contributed by atoms with Gasteiger partial charge in [-0.2, -0.15) is 0 Å². The van der Waals surface area contributed by atoms with E-state index in [4.69, 9.17) is 18.9 Å². The summed E-state index contributed by atoms with van der Waals surface area (Å²) in [6.07, 6.45) is 1.76. The third-order valence-electron chi connectivity index (χ3n) is 9.37. The molecule has 0 radical (unpaired) electrons. The molecule has 0 aromatic heterocycles. The number of hydrogen-bond acceptors (Lipinski definition) is 10. The average Bonchev–Trinajstić information content (AvgIpc) is 3.65. The second-order valence-electron chi connectivity index (χ2n) is 12.4. The molecule has 0 spiro atoms. The second kappa shape index (κ2) is 14.3. The van der Waals surface area contributed by atoms with E-state index in [9.17, 15) is 9.59 Å². The number of likely N-dealkylation sites (N-methyl/N-ethyl adjacent to an activating group) is 1. The standard InChI is InChI=1S/C34H46N4O6/c1-3-4-5-14-36-17-21-38(22-18-36)28-12-8-26(9-13-28)34(40)44-30-24-42-31-29(23-41-32(30)31)43-33(39)25-6-10-27(11-7-25)37-19-15-35(2)16-20-37/h6-13,29-32H,3-5,14-24H2,1-2H3. The van der Waals surface area contributed by atoms with Crippen LogP contribution < -0.4 is 9.80 Å². The highest BCUT2D eigenvalue weighted by Crippen LogP contribution is 2.32. The lowest BCUT2D eigenvalue weighted by atomic mass is 10.1. The van der Waals surface area contributed by atoms with Crippen molar-refractivity contribution in [3.05, 3.63) is 59.7 Å². The van der Waals surface area contributed by atoms with Gasteiger partial charge in [0.1, 0.15) is 12.2 Å². The summed E-state index contributed by atoms with van der Waals surface area (Å²) in [4.78, 5) is 35.5. The van der Waals surface area contributed by atoms with Crippen LogP contribution in [0.4, 0.5) is 11.4 Å². The molecule has 4 atom stereocenters. The number of carbonyl (C=O) groups is 2. The molecule has 238 valence electrons. The Morgan fingerprint density at radius 2 is 1.14 bits per heavy atom. The maximum atomic E-state index is 13.0. The van der Waals surface area contributed by atoms with Crippen molar-refractivity contribution in [3.63, 3.8) is 0 Å². The Hall–Kier alpha value is -3.18. The van der Waals surface area contributed by atoms with Gasteiger partial charge in [-0.1, -0.05) is 19.8 Å². The minimum Gasteiger partial charge on any atom is -0.453 e. The Bertz CT molecular complexity index is 1240. The fourth-order valence-electron chi connectivity index (χ4n) is 6.54. The van der Waals surface area contributed by atoms with Gasteiger partial charge < -0.3 is 33.6 Å². The van der Waals surface area contributed by atoms with Crippen LogP contribution in [0, 0.1) is 0 Å². The van der Waals surface area contributed by atoms with E-state index in [-0.39, 0.29) is 13.2 Å². The van der Waals surface area contributed by atoms with Crippen LogP contribution in [0.1, 0.15) is 46.9 Å². The number of nitrogens with zero attached hydrogens (tertiary/aromatic N) is 4. The fraction of sp³-hybridized carbons (Fsp3) is 0.588. The van der Waals surface area contributed by atoms with Crippen LogP contribution in [0.25, 0.3) is 0 Å². The lowest BCUT2D eigenvalue weighted by molar-refractivity contribution is -0.0287. The quantitative estimate of drug-likeness (QED) is 0.297. The van der Waals surface area contributed by atoms with Gasteiger partial charge in [-0.3, -0.25) is 4.90 Å². The van der Waals surface area contributed by atoms with Crippen molar-refractivity contribution in [2.45, 2.75) is 50.6 Å². The van der Waals surface area contributed by atoms with Crippen LogP contribution in [0.15, 0.2) is 48.5 Å². The number of rotatable bonds is 10. The summed E-state index contributed by atoms with van der Waals surface area (Å²) < 4.78 is 23.4. The van der Waals surface area contributed by atoms with Crippen LogP contribution in [0.5, 0.6) is 0 Å². The number of anilines is 2. The summed E-state index contributed by atoms with van der Waals surface area (Å²) in [5.74, 6) is -0.817. The van der Waals surface area contributed by atoms with Crippen LogP contribution >= 0.6 is 0 Å². The van der Waals surface area contributed by atoms with E-state index in [1.54, 1.807) is 0 Å². The van der Waals surface area contributed by atoms with Crippen molar-refractivity contribution in [1.82, 2.24) is 9.80 Å². The van der Waals surface area contributed by atoms with Crippen LogP contribution in [-0.2, 0) is 18.9 Å². The first kappa shape index (κ1) is 30.8. The predicted octanol–water partition coefficient (Wildman–Crippen LogP) is 3.30.